The molecule has 1 saturated heterocycles. The molecule has 2 N–H and O–H groups in total. The van der Waals surface area contributed by atoms with Crippen molar-refractivity contribution in [1.29, 1.82) is 0 Å². The molecule has 0 spiro atoms. The number of rotatable bonds is 3. The number of hydrogen-bond donors (Lipinski definition) is 1. The van der Waals surface area contributed by atoms with Crippen LogP contribution in [0.2, 0.25) is 0 Å². The lowest BCUT2D eigenvalue weighted by Gasteiger charge is -2.32. The van der Waals surface area contributed by atoms with Crippen LogP contribution in [0.25, 0.3) is 10.2 Å². The molecule has 0 atom stereocenters. The van der Waals surface area contributed by atoms with Crippen molar-refractivity contribution >= 4 is 27.5 Å². The highest BCUT2D eigenvalue weighted by Gasteiger charge is 2.22. The first-order chi connectivity index (χ1) is 12.1. The van der Waals surface area contributed by atoms with Crippen LogP contribution in [0.1, 0.15) is 18.4 Å². The SMILES string of the molecule is NC1CCN(c2nc3ccsc3c(=O)n2Cc2cccc(F)c2)CC1. The zero-order chi connectivity index (χ0) is 17.4. The van der Waals surface area contributed by atoms with Gasteiger partial charge in [-0.05, 0) is 42.0 Å². The van der Waals surface area contributed by atoms with Crippen LogP contribution in [0.4, 0.5) is 10.3 Å². The largest absolute Gasteiger partial charge is 0.342 e. The van der Waals surface area contributed by atoms with Gasteiger partial charge < -0.3 is 10.6 Å². The molecule has 5 nitrogen and oxygen atoms in total. The van der Waals surface area contributed by atoms with Gasteiger partial charge in [-0.2, -0.15) is 0 Å². The van der Waals surface area contributed by atoms with E-state index < -0.39 is 0 Å². The van der Waals surface area contributed by atoms with Gasteiger partial charge in [0.05, 0.1) is 12.1 Å². The summed E-state index contributed by atoms with van der Waals surface area (Å²) in [5, 5.41) is 1.88. The van der Waals surface area contributed by atoms with Gasteiger partial charge in [-0.25, -0.2) is 9.37 Å². The number of thiophene rings is 1. The lowest BCUT2D eigenvalue weighted by atomic mass is 10.1. The molecular weight excluding hydrogens is 339 g/mol. The zero-order valence-electron chi connectivity index (χ0n) is 13.7. The first-order valence-corrected chi connectivity index (χ1v) is 9.23. The highest BCUT2D eigenvalue weighted by Crippen LogP contribution is 2.22. The van der Waals surface area contributed by atoms with Crippen molar-refractivity contribution in [2.75, 3.05) is 18.0 Å². The van der Waals surface area contributed by atoms with E-state index in [1.807, 2.05) is 17.5 Å². The number of nitrogens with two attached hydrogens (primary N) is 1. The standard InChI is InChI=1S/C18H19FN4OS/c19-13-3-1-2-12(10-13)11-23-17(24)16-15(6-9-25-16)21-18(23)22-7-4-14(20)5-8-22/h1-3,6,9-10,14H,4-5,7-8,11,20H2. The Bertz CT molecular complexity index is 959. The fourth-order valence-corrected chi connectivity index (χ4v) is 4.01. The Morgan fingerprint density at radius 1 is 1.28 bits per heavy atom. The van der Waals surface area contributed by atoms with Crippen LogP contribution in [0.5, 0.6) is 0 Å². The number of halogens is 1. The molecule has 1 aromatic carbocycles. The van der Waals surface area contributed by atoms with Crippen LogP contribution in [-0.2, 0) is 6.54 Å². The molecule has 0 radical (unpaired) electrons. The van der Waals surface area contributed by atoms with Crippen molar-refractivity contribution < 1.29 is 4.39 Å². The van der Waals surface area contributed by atoms with Crippen LogP contribution >= 0.6 is 11.3 Å². The summed E-state index contributed by atoms with van der Waals surface area (Å²) in [4.78, 5) is 19.8. The number of aromatic nitrogens is 2. The Morgan fingerprint density at radius 3 is 2.84 bits per heavy atom. The van der Waals surface area contributed by atoms with Crippen molar-refractivity contribution in [2.24, 2.45) is 5.73 Å². The minimum atomic E-state index is -0.304. The summed E-state index contributed by atoms with van der Waals surface area (Å²) in [5.74, 6) is 0.341. The molecular formula is C18H19FN4OS. The first kappa shape index (κ1) is 16.2. The second kappa shape index (κ2) is 6.57. The van der Waals surface area contributed by atoms with Gasteiger partial charge in [-0.15, -0.1) is 11.3 Å². The fraction of sp³-hybridized carbons (Fsp3) is 0.333. The highest BCUT2D eigenvalue weighted by molar-refractivity contribution is 7.17. The monoisotopic (exact) mass is 358 g/mol. The minimum Gasteiger partial charge on any atom is -0.342 e. The topological polar surface area (TPSA) is 64.2 Å². The maximum Gasteiger partial charge on any atom is 0.273 e. The second-order valence-electron chi connectivity index (χ2n) is 6.39. The van der Waals surface area contributed by atoms with E-state index in [9.17, 15) is 9.18 Å². The number of anilines is 1. The summed E-state index contributed by atoms with van der Waals surface area (Å²) in [5.41, 5.74) is 7.39. The van der Waals surface area contributed by atoms with Crippen LogP contribution < -0.4 is 16.2 Å². The summed E-state index contributed by atoms with van der Waals surface area (Å²) < 4.78 is 15.8. The van der Waals surface area contributed by atoms with E-state index in [0.29, 0.717) is 17.2 Å². The fourth-order valence-electron chi connectivity index (χ4n) is 3.23. The normalized spacial score (nSPS) is 15.8. The van der Waals surface area contributed by atoms with E-state index in [0.717, 1.165) is 37.0 Å². The quantitative estimate of drug-likeness (QED) is 0.782. The number of benzene rings is 1. The Hall–Kier alpha value is -2.25. The summed E-state index contributed by atoms with van der Waals surface area (Å²) in [6.07, 6.45) is 1.75. The highest BCUT2D eigenvalue weighted by atomic mass is 32.1. The van der Waals surface area contributed by atoms with Crippen LogP contribution in [0, 0.1) is 5.82 Å². The van der Waals surface area contributed by atoms with E-state index in [1.54, 1.807) is 10.6 Å². The average Bonchev–Trinajstić information content (AvgIpc) is 3.07. The van der Waals surface area contributed by atoms with Crippen molar-refractivity contribution in [2.45, 2.75) is 25.4 Å². The summed E-state index contributed by atoms with van der Waals surface area (Å²) in [6, 6.07) is 8.41. The molecule has 0 bridgehead atoms. The van der Waals surface area contributed by atoms with Crippen molar-refractivity contribution in [3.8, 4) is 0 Å². The van der Waals surface area contributed by atoms with Crippen LogP contribution in [0.15, 0.2) is 40.5 Å². The Morgan fingerprint density at radius 2 is 2.08 bits per heavy atom. The van der Waals surface area contributed by atoms with Gasteiger partial charge in [0.2, 0.25) is 5.95 Å². The van der Waals surface area contributed by atoms with Crippen LogP contribution in [0.3, 0.4) is 0 Å². The molecule has 3 heterocycles. The molecule has 0 unspecified atom stereocenters. The predicted molar refractivity (Wildman–Crippen MR) is 98.8 cm³/mol. The second-order valence-corrected chi connectivity index (χ2v) is 7.31. The van der Waals surface area contributed by atoms with Gasteiger partial charge >= 0.3 is 0 Å². The lowest BCUT2D eigenvalue weighted by molar-refractivity contribution is 0.488. The molecule has 7 heteroatoms. The van der Waals surface area contributed by atoms with Crippen LogP contribution in [-0.4, -0.2) is 28.7 Å². The molecule has 1 aliphatic heterocycles. The molecule has 1 fully saturated rings. The first-order valence-electron chi connectivity index (χ1n) is 8.35. The van der Waals surface area contributed by atoms with E-state index in [1.165, 1.54) is 23.5 Å². The van der Waals surface area contributed by atoms with E-state index in [-0.39, 0.29) is 17.4 Å². The molecule has 0 aliphatic carbocycles. The molecule has 130 valence electrons. The molecule has 4 rings (SSSR count). The third-order valence-corrected chi connectivity index (χ3v) is 5.49. The number of nitrogens with zero attached hydrogens (tertiary/aromatic N) is 3. The summed E-state index contributed by atoms with van der Waals surface area (Å²) in [6.45, 7) is 1.84. The van der Waals surface area contributed by atoms with Gasteiger partial charge in [0.1, 0.15) is 10.5 Å². The van der Waals surface area contributed by atoms with Gasteiger partial charge in [-0.3, -0.25) is 9.36 Å². The smallest absolute Gasteiger partial charge is 0.273 e. The van der Waals surface area contributed by atoms with Gasteiger partial charge in [-0.1, -0.05) is 12.1 Å². The number of piperidine rings is 1. The average molecular weight is 358 g/mol. The minimum absolute atomic E-state index is 0.0749. The molecule has 2 aromatic heterocycles. The maximum atomic E-state index is 13.5. The van der Waals surface area contributed by atoms with Crippen molar-refractivity contribution in [3.05, 3.63) is 57.4 Å². The molecule has 3 aromatic rings. The lowest BCUT2D eigenvalue weighted by Crippen LogP contribution is -2.42. The zero-order valence-corrected chi connectivity index (χ0v) is 14.5. The van der Waals surface area contributed by atoms with Gasteiger partial charge in [0, 0.05) is 19.1 Å². The van der Waals surface area contributed by atoms with Gasteiger partial charge in [0.25, 0.3) is 5.56 Å². The van der Waals surface area contributed by atoms with E-state index in [4.69, 9.17) is 10.7 Å². The third-order valence-electron chi connectivity index (χ3n) is 4.60. The van der Waals surface area contributed by atoms with Crippen molar-refractivity contribution in [1.82, 2.24) is 9.55 Å². The Labute approximate surface area is 148 Å². The molecule has 1 aliphatic rings. The van der Waals surface area contributed by atoms with E-state index >= 15 is 0 Å². The van der Waals surface area contributed by atoms with Crippen molar-refractivity contribution in [3.63, 3.8) is 0 Å². The molecule has 0 amide bonds. The van der Waals surface area contributed by atoms with E-state index in [2.05, 4.69) is 4.90 Å². The van der Waals surface area contributed by atoms with Gasteiger partial charge in [0.15, 0.2) is 0 Å². The Kier molecular flexibility index (Phi) is 4.27. The predicted octanol–water partition coefficient (Wildman–Crippen LogP) is 2.57. The Balaban J connectivity index is 1.81. The molecule has 0 saturated carbocycles. The molecule has 25 heavy (non-hydrogen) atoms. The maximum absolute atomic E-state index is 13.5. The number of fused-ring (bicyclic) bond motifs is 1. The third kappa shape index (κ3) is 3.17. The summed E-state index contributed by atoms with van der Waals surface area (Å²) >= 11 is 1.39. The summed E-state index contributed by atoms with van der Waals surface area (Å²) in [7, 11) is 0. The number of hydrogen-bond acceptors (Lipinski definition) is 5.